The van der Waals surface area contributed by atoms with Crippen LogP contribution in [0.5, 0.6) is 11.5 Å². The van der Waals surface area contributed by atoms with Gasteiger partial charge < -0.3 is 25.4 Å². The smallest absolute Gasteiger partial charge is 0.251 e. The van der Waals surface area contributed by atoms with Crippen LogP contribution < -0.4 is 25.4 Å². The van der Waals surface area contributed by atoms with E-state index in [9.17, 15) is 4.79 Å². The van der Waals surface area contributed by atoms with Gasteiger partial charge in [0.05, 0.1) is 19.3 Å². The molecular weight excluding hydrogens is 519 g/mol. The number of carbonyl (C=O) groups is 1. The minimum Gasteiger partial charge on any atom is -0.490 e. The molecule has 0 saturated carbocycles. The van der Waals surface area contributed by atoms with Crippen LogP contribution in [-0.4, -0.2) is 45.7 Å². The van der Waals surface area contributed by atoms with E-state index >= 15 is 0 Å². The fourth-order valence-corrected chi connectivity index (χ4v) is 3.16. The van der Waals surface area contributed by atoms with Crippen molar-refractivity contribution in [2.75, 3.05) is 33.9 Å². The van der Waals surface area contributed by atoms with Crippen molar-refractivity contribution in [2.24, 2.45) is 4.99 Å². The molecule has 0 bridgehead atoms. The fourth-order valence-electron chi connectivity index (χ4n) is 3.16. The van der Waals surface area contributed by atoms with Crippen molar-refractivity contribution in [3.05, 3.63) is 59.2 Å². The van der Waals surface area contributed by atoms with Gasteiger partial charge in [0, 0.05) is 26.2 Å². The van der Waals surface area contributed by atoms with Crippen LogP contribution in [0.2, 0.25) is 0 Å². The first-order chi connectivity index (χ1) is 15.0. The number of aliphatic imine (C=N–C) groups is 1. The highest BCUT2D eigenvalue weighted by Crippen LogP contribution is 2.30. The van der Waals surface area contributed by atoms with Crippen LogP contribution in [0.25, 0.3) is 0 Å². The summed E-state index contributed by atoms with van der Waals surface area (Å²) < 4.78 is 11.4. The number of nitrogens with zero attached hydrogens (tertiary/aromatic N) is 1. The molecule has 2 rings (SSSR count). The van der Waals surface area contributed by atoms with E-state index in [0.717, 1.165) is 29.0 Å². The van der Waals surface area contributed by atoms with Crippen LogP contribution in [0.15, 0.2) is 47.5 Å². The van der Waals surface area contributed by atoms with Gasteiger partial charge in [0.15, 0.2) is 17.5 Å². The highest BCUT2D eigenvalue weighted by atomic mass is 127. The first-order valence-corrected chi connectivity index (χ1v) is 10.7. The zero-order valence-electron chi connectivity index (χ0n) is 19.5. The van der Waals surface area contributed by atoms with Crippen molar-refractivity contribution in [3.63, 3.8) is 0 Å². The minimum atomic E-state index is -0.0807. The third-order valence-electron chi connectivity index (χ3n) is 4.77. The molecule has 0 aliphatic rings. The molecule has 0 spiro atoms. The highest BCUT2D eigenvalue weighted by Gasteiger charge is 2.12. The van der Waals surface area contributed by atoms with Crippen LogP contribution >= 0.6 is 24.0 Å². The minimum absolute atomic E-state index is 0. The Morgan fingerprint density at radius 1 is 1.06 bits per heavy atom. The number of carbonyl (C=O) groups excluding carboxylic acids is 1. The summed E-state index contributed by atoms with van der Waals surface area (Å²) in [6, 6.07) is 13.6. The highest BCUT2D eigenvalue weighted by molar-refractivity contribution is 14.0. The summed E-state index contributed by atoms with van der Waals surface area (Å²) in [6.45, 7) is 7.85. The number of nitrogens with one attached hydrogen (secondary N) is 3. The second-order valence-electron chi connectivity index (χ2n) is 6.97. The number of hydrogen-bond acceptors (Lipinski definition) is 4. The molecule has 0 fully saturated rings. The molecule has 0 heterocycles. The zero-order valence-corrected chi connectivity index (χ0v) is 21.9. The summed E-state index contributed by atoms with van der Waals surface area (Å²) in [5.74, 6) is 2.13. The van der Waals surface area contributed by atoms with Crippen LogP contribution in [0.4, 0.5) is 0 Å². The van der Waals surface area contributed by atoms with Gasteiger partial charge in [0.25, 0.3) is 5.91 Å². The molecule has 1 amide bonds. The van der Waals surface area contributed by atoms with Gasteiger partial charge in [-0.2, -0.15) is 0 Å². The van der Waals surface area contributed by atoms with Gasteiger partial charge in [-0.05, 0) is 62.6 Å². The summed E-state index contributed by atoms with van der Waals surface area (Å²) >= 11 is 0. The Morgan fingerprint density at radius 2 is 1.78 bits per heavy atom. The lowest BCUT2D eigenvalue weighted by atomic mass is 10.1. The van der Waals surface area contributed by atoms with Crippen molar-refractivity contribution >= 4 is 35.8 Å². The van der Waals surface area contributed by atoms with Gasteiger partial charge in [-0.25, -0.2) is 0 Å². The predicted octanol–water partition coefficient (Wildman–Crippen LogP) is 3.93. The average Bonchev–Trinajstić information content (AvgIpc) is 2.79. The molecule has 1 atom stereocenters. The quantitative estimate of drug-likeness (QED) is 0.236. The molecule has 7 nitrogen and oxygen atoms in total. The van der Waals surface area contributed by atoms with Crippen LogP contribution in [0, 0.1) is 0 Å². The molecule has 0 radical (unpaired) electrons. The Kier molecular flexibility index (Phi) is 12.5. The average molecular weight is 554 g/mol. The van der Waals surface area contributed by atoms with Crippen molar-refractivity contribution in [1.82, 2.24) is 16.0 Å². The summed E-state index contributed by atoms with van der Waals surface area (Å²) in [6.07, 6.45) is 0.775. The third-order valence-corrected chi connectivity index (χ3v) is 4.77. The van der Waals surface area contributed by atoms with Crippen molar-refractivity contribution in [2.45, 2.75) is 33.2 Å². The van der Waals surface area contributed by atoms with Gasteiger partial charge in [-0.3, -0.25) is 9.79 Å². The Labute approximate surface area is 208 Å². The molecule has 0 aliphatic carbocycles. The molecular formula is C24H35IN4O3. The molecule has 176 valence electrons. The first kappa shape index (κ1) is 27.5. The Morgan fingerprint density at radius 3 is 2.44 bits per heavy atom. The van der Waals surface area contributed by atoms with E-state index in [1.807, 2.05) is 56.3 Å². The fraction of sp³-hybridized carbons (Fsp3) is 0.417. The number of ether oxygens (including phenoxy) is 2. The lowest BCUT2D eigenvalue weighted by Gasteiger charge is -2.20. The third kappa shape index (κ3) is 8.22. The van der Waals surface area contributed by atoms with Gasteiger partial charge in [0.1, 0.15) is 0 Å². The zero-order chi connectivity index (χ0) is 22.6. The Hall–Kier alpha value is -2.49. The number of guanidine groups is 1. The van der Waals surface area contributed by atoms with Gasteiger partial charge >= 0.3 is 0 Å². The molecule has 0 saturated heterocycles. The number of benzene rings is 2. The SMILES string of the molecule is CCOc1ccc(C(C)NC(=NC)NCCc2cccc(C(=O)NC)c2)cc1OCC.I. The topological polar surface area (TPSA) is 84.0 Å². The van der Waals surface area contributed by atoms with Gasteiger partial charge in [-0.15, -0.1) is 24.0 Å². The number of amides is 1. The number of hydrogen-bond donors (Lipinski definition) is 3. The molecule has 32 heavy (non-hydrogen) atoms. The van der Waals surface area contributed by atoms with Gasteiger partial charge in [0.2, 0.25) is 0 Å². The van der Waals surface area contributed by atoms with Crippen molar-refractivity contribution in [3.8, 4) is 11.5 Å². The van der Waals surface area contributed by atoms with Crippen LogP contribution in [0.1, 0.15) is 48.3 Å². The van der Waals surface area contributed by atoms with E-state index < -0.39 is 0 Å². The normalized spacial score (nSPS) is 11.7. The Balaban J connectivity index is 0.00000512. The summed E-state index contributed by atoms with van der Waals surface area (Å²) in [4.78, 5) is 16.1. The van der Waals surface area contributed by atoms with E-state index in [1.165, 1.54) is 0 Å². The largest absolute Gasteiger partial charge is 0.490 e. The second-order valence-corrected chi connectivity index (χ2v) is 6.97. The lowest BCUT2D eigenvalue weighted by molar-refractivity contribution is 0.0963. The van der Waals surface area contributed by atoms with E-state index in [-0.39, 0.29) is 35.9 Å². The second kappa shape index (κ2) is 14.5. The molecule has 1 unspecified atom stereocenters. The van der Waals surface area contributed by atoms with E-state index in [0.29, 0.717) is 31.3 Å². The summed E-state index contributed by atoms with van der Waals surface area (Å²) in [7, 11) is 3.38. The first-order valence-electron chi connectivity index (χ1n) is 10.7. The standard InChI is InChI=1S/C24H34N4O3.HI/c1-6-30-21-12-11-19(16-22(21)31-7-2)17(3)28-24(26-5)27-14-13-18-9-8-10-20(15-18)23(29)25-4;/h8-12,15-17H,6-7,13-14H2,1-5H3,(H,25,29)(H2,26,27,28);1H. The van der Waals surface area contributed by atoms with E-state index in [2.05, 4.69) is 27.9 Å². The molecule has 2 aromatic rings. The van der Waals surface area contributed by atoms with Crippen molar-refractivity contribution < 1.29 is 14.3 Å². The van der Waals surface area contributed by atoms with Gasteiger partial charge in [-0.1, -0.05) is 18.2 Å². The monoisotopic (exact) mass is 554 g/mol. The molecule has 0 aromatic heterocycles. The summed E-state index contributed by atoms with van der Waals surface area (Å²) in [5, 5.41) is 9.39. The molecule has 0 aliphatic heterocycles. The lowest BCUT2D eigenvalue weighted by Crippen LogP contribution is -2.39. The van der Waals surface area contributed by atoms with Crippen molar-refractivity contribution in [1.29, 1.82) is 0 Å². The predicted molar refractivity (Wildman–Crippen MR) is 141 cm³/mol. The maximum atomic E-state index is 11.8. The summed E-state index contributed by atoms with van der Waals surface area (Å²) in [5.41, 5.74) is 2.83. The van der Waals surface area contributed by atoms with Crippen LogP contribution in [0.3, 0.4) is 0 Å². The number of rotatable bonds is 10. The molecule has 8 heteroatoms. The van der Waals surface area contributed by atoms with E-state index in [4.69, 9.17) is 9.47 Å². The number of halogens is 1. The molecule has 2 aromatic carbocycles. The molecule has 3 N–H and O–H groups in total. The maximum Gasteiger partial charge on any atom is 0.251 e. The maximum absolute atomic E-state index is 11.8. The van der Waals surface area contributed by atoms with E-state index in [1.54, 1.807) is 14.1 Å². The van der Waals surface area contributed by atoms with Crippen LogP contribution in [-0.2, 0) is 6.42 Å². The Bertz CT molecular complexity index is 889.